The molecule has 0 bridgehead atoms. The fraction of sp³-hybridized carbons (Fsp3) is 0.250. The molecule has 0 unspecified atom stereocenters. The van der Waals surface area contributed by atoms with Gasteiger partial charge in [0.25, 0.3) is 0 Å². The number of amides is 1. The zero-order chi connectivity index (χ0) is 18.1. The monoisotopic (exact) mass is 358 g/mol. The molecule has 24 heavy (non-hydrogen) atoms. The Bertz CT molecular complexity index is 759. The average molecular weight is 359 g/mol. The Morgan fingerprint density at radius 1 is 1.12 bits per heavy atom. The molecule has 0 aliphatic heterocycles. The molecular weight excluding hydrogens is 345 g/mol. The van der Waals surface area contributed by atoms with Crippen LogP contribution in [0.4, 0.5) is 18.0 Å². The second kappa shape index (κ2) is 6.32. The van der Waals surface area contributed by atoms with Crippen molar-refractivity contribution in [1.29, 1.82) is 0 Å². The fourth-order valence-electron chi connectivity index (χ4n) is 2.18. The Morgan fingerprint density at radius 3 is 2.21 bits per heavy atom. The molecule has 4 nitrogen and oxygen atoms in total. The molecule has 0 saturated heterocycles. The molecule has 1 aromatic carbocycles. The number of pyridine rings is 1. The van der Waals surface area contributed by atoms with Crippen LogP contribution in [0, 0.1) is 0 Å². The first-order valence-corrected chi connectivity index (χ1v) is 7.23. The van der Waals surface area contributed by atoms with E-state index in [0.717, 1.165) is 12.1 Å². The van der Waals surface area contributed by atoms with Crippen LogP contribution in [0.1, 0.15) is 25.0 Å². The van der Waals surface area contributed by atoms with Gasteiger partial charge in [0.2, 0.25) is 0 Å². The summed E-state index contributed by atoms with van der Waals surface area (Å²) in [6, 6.07) is 7.59. The van der Waals surface area contributed by atoms with Crippen molar-refractivity contribution in [3.05, 3.63) is 52.7 Å². The van der Waals surface area contributed by atoms with Crippen LogP contribution in [-0.4, -0.2) is 16.2 Å². The fourth-order valence-corrected chi connectivity index (χ4v) is 2.38. The van der Waals surface area contributed by atoms with E-state index in [4.69, 9.17) is 16.7 Å². The van der Waals surface area contributed by atoms with Crippen LogP contribution in [0.3, 0.4) is 0 Å². The molecule has 2 N–H and O–H groups in total. The first-order chi connectivity index (χ1) is 11.0. The molecule has 0 atom stereocenters. The van der Waals surface area contributed by atoms with Crippen molar-refractivity contribution < 1.29 is 23.1 Å². The maximum atomic E-state index is 12.6. The highest BCUT2D eigenvalue weighted by Crippen LogP contribution is 2.32. The summed E-state index contributed by atoms with van der Waals surface area (Å²) in [6.07, 6.45) is -5.62. The predicted octanol–water partition coefficient (Wildman–Crippen LogP) is 4.92. The highest BCUT2D eigenvalue weighted by Gasteiger charge is 2.30. The van der Waals surface area contributed by atoms with Gasteiger partial charge in [-0.1, -0.05) is 23.7 Å². The highest BCUT2D eigenvalue weighted by molar-refractivity contribution is 6.29. The molecule has 0 aliphatic rings. The molecule has 8 heteroatoms. The van der Waals surface area contributed by atoms with Crippen molar-refractivity contribution in [2.45, 2.75) is 25.6 Å². The third-order valence-corrected chi connectivity index (χ3v) is 3.64. The molecule has 1 heterocycles. The van der Waals surface area contributed by atoms with Crippen LogP contribution in [0.25, 0.3) is 11.3 Å². The number of hydrogen-bond acceptors (Lipinski definition) is 2. The summed E-state index contributed by atoms with van der Waals surface area (Å²) in [5, 5.41) is 11.4. The molecule has 0 aliphatic carbocycles. The van der Waals surface area contributed by atoms with Crippen LogP contribution in [0.2, 0.25) is 5.15 Å². The van der Waals surface area contributed by atoms with E-state index in [-0.39, 0.29) is 5.15 Å². The standard InChI is InChI=1S/C16H14ClF3N2O2/c1-15(2,22-14(23)24)11-7-12(21-13(17)8-11)9-3-5-10(6-4-9)16(18,19)20/h3-8,22H,1-2H3,(H,23,24). The van der Waals surface area contributed by atoms with Crippen LogP contribution in [-0.2, 0) is 11.7 Å². The van der Waals surface area contributed by atoms with Crippen molar-refractivity contribution in [2.24, 2.45) is 0 Å². The van der Waals surface area contributed by atoms with Gasteiger partial charge in [0, 0.05) is 5.56 Å². The Hall–Kier alpha value is -2.28. The van der Waals surface area contributed by atoms with Crippen LogP contribution in [0.15, 0.2) is 36.4 Å². The number of halogens is 4. The molecule has 0 saturated carbocycles. The highest BCUT2D eigenvalue weighted by atomic mass is 35.5. The van der Waals surface area contributed by atoms with Gasteiger partial charge in [-0.2, -0.15) is 13.2 Å². The third-order valence-electron chi connectivity index (χ3n) is 3.44. The zero-order valence-electron chi connectivity index (χ0n) is 12.8. The molecule has 128 valence electrons. The van der Waals surface area contributed by atoms with Gasteiger partial charge in [0.15, 0.2) is 0 Å². The summed E-state index contributed by atoms with van der Waals surface area (Å²) in [4.78, 5) is 15.0. The van der Waals surface area contributed by atoms with E-state index in [1.54, 1.807) is 19.9 Å². The summed E-state index contributed by atoms with van der Waals surface area (Å²) in [7, 11) is 0. The molecule has 0 spiro atoms. The van der Waals surface area contributed by atoms with E-state index in [1.165, 1.54) is 18.2 Å². The largest absolute Gasteiger partial charge is 0.465 e. The van der Waals surface area contributed by atoms with Gasteiger partial charge in [-0.15, -0.1) is 0 Å². The van der Waals surface area contributed by atoms with Gasteiger partial charge in [0.1, 0.15) is 5.15 Å². The summed E-state index contributed by atoms with van der Waals surface area (Å²) in [5.41, 5.74) is -0.371. The van der Waals surface area contributed by atoms with Gasteiger partial charge in [-0.25, -0.2) is 9.78 Å². The number of aromatic nitrogens is 1. The molecule has 2 rings (SSSR count). The molecule has 1 amide bonds. The van der Waals surface area contributed by atoms with Crippen molar-refractivity contribution >= 4 is 17.7 Å². The first kappa shape index (κ1) is 18.1. The lowest BCUT2D eigenvalue weighted by molar-refractivity contribution is -0.137. The molecule has 0 fully saturated rings. The van der Waals surface area contributed by atoms with Crippen molar-refractivity contribution in [2.75, 3.05) is 0 Å². The quantitative estimate of drug-likeness (QED) is 0.765. The normalized spacial score (nSPS) is 12.1. The van der Waals surface area contributed by atoms with Crippen LogP contribution < -0.4 is 5.32 Å². The van der Waals surface area contributed by atoms with Gasteiger partial charge in [-0.05, 0) is 43.7 Å². The Labute approximate surface area is 141 Å². The second-order valence-electron chi connectivity index (χ2n) is 5.69. The summed E-state index contributed by atoms with van der Waals surface area (Å²) in [5.74, 6) is 0. The van der Waals surface area contributed by atoms with E-state index in [2.05, 4.69) is 10.3 Å². The summed E-state index contributed by atoms with van der Waals surface area (Å²) in [6.45, 7) is 3.28. The summed E-state index contributed by atoms with van der Waals surface area (Å²) < 4.78 is 37.9. The van der Waals surface area contributed by atoms with Crippen molar-refractivity contribution in [1.82, 2.24) is 10.3 Å². The van der Waals surface area contributed by atoms with Gasteiger partial charge in [0.05, 0.1) is 16.8 Å². The Morgan fingerprint density at radius 2 is 1.71 bits per heavy atom. The first-order valence-electron chi connectivity index (χ1n) is 6.86. The smallest absolute Gasteiger partial charge is 0.416 e. The maximum Gasteiger partial charge on any atom is 0.416 e. The van der Waals surface area contributed by atoms with Crippen LogP contribution >= 0.6 is 11.6 Å². The minimum atomic E-state index is -4.42. The maximum absolute atomic E-state index is 12.6. The SMILES string of the molecule is CC(C)(NC(=O)O)c1cc(Cl)nc(-c2ccc(C(F)(F)F)cc2)c1. The van der Waals surface area contributed by atoms with Crippen molar-refractivity contribution in [3.63, 3.8) is 0 Å². The van der Waals surface area contributed by atoms with E-state index in [0.29, 0.717) is 16.8 Å². The third kappa shape index (κ3) is 4.17. The lowest BCUT2D eigenvalue weighted by Crippen LogP contribution is -2.40. The minimum Gasteiger partial charge on any atom is -0.465 e. The Kier molecular flexibility index (Phi) is 4.75. The second-order valence-corrected chi connectivity index (χ2v) is 6.08. The van der Waals surface area contributed by atoms with E-state index in [9.17, 15) is 18.0 Å². The Balaban J connectivity index is 2.43. The van der Waals surface area contributed by atoms with E-state index < -0.39 is 23.4 Å². The van der Waals surface area contributed by atoms with Crippen molar-refractivity contribution in [3.8, 4) is 11.3 Å². The van der Waals surface area contributed by atoms with E-state index in [1.807, 2.05) is 0 Å². The number of alkyl halides is 3. The number of benzene rings is 1. The molecule has 0 radical (unpaired) electrons. The number of hydrogen-bond donors (Lipinski definition) is 2. The molecular formula is C16H14ClF3N2O2. The number of carboxylic acid groups (broad SMARTS) is 1. The minimum absolute atomic E-state index is 0.114. The van der Waals surface area contributed by atoms with Gasteiger partial charge < -0.3 is 10.4 Å². The van der Waals surface area contributed by atoms with Gasteiger partial charge in [-0.3, -0.25) is 0 Å². The molecule has 1 aromatic heterocycles. The summed E-state index contributed by atoms with van der Waals surface area (Å²) >= 11 is 5.98. The van der Waals surface area contributed by atoms with Gasteiger partial charge >= 0.3 is 12.3 Å². The molecule has 2 aromatic rings. The van der Waals surface area contributed by atoms with E-state index >= 15 is 0 Å². The topological polar surface area (TPSA) is 62.2 Å². The number of rotatable bonds is 3. The predicted molar refractivity (Wildman–Crippen MR) is 83.9 cm³/mol. The lowest BCUT2D eigenvalue weighted by Gasteiger charge is -2.25. The lowest BCUT2D eigenvalue weighted by atomic mass is 9.93. The average Bonchev–Trinajstić information content (AvgIpc) is 2.44. The van der Waals surface area contributed by atoms with Crippen LogP contribution in [0.5, 0.6) is 0 Å². The number of nitrogens with one attached hydrogen (secondary N) is 1. The number of carbonyl (C=O) groups is 1. The zero-order valence-corrected chi connectivity index (χ0v) is 13.5. The number of nitrogens with zero attached hydrogens (tertiary/aromatic N) is 1.